The third-order valence-corrected chi connectivity index (χ3v) is 3.87. The molecule has 5 nitrogen and oxygen atoms in total. The van der Waals surface area contributed by atoms with E-state index in [0.29, 0.717) is 24.6 Å². The smallest absolute Gasteiger partial charge is 0.440 e. The molecule has 0 aliphatic heterocycles. The van der Waals surface area contributed by atoms with Gasteiger partial charge >= 0.3 is 6.09 Å². The van der Waals surface area contributed by atoms with Crippen LogP contribution in [0, 0.1) is 5.92 Å². The van der Waals surface area contributed by atoms with Gasteiger partial charge in [0.2, 0.25) is 0 Å². The van der Waals surface area contributed by atoms with Crippen LogP contribution in [0.15, 0.2) is 24.3 Å². The van der Waals surface area contributed by atoms with E-state index in [1.807, 2.05) is 19.1 Å². The van der Waals surface area contributed by atoms with E-state index >= 15 is 0 Å². The van der Waals surface area contributed by atoms with Crippen molar-refractivity contribution in [3.05, 3.63) is 24.3 Å². The minimum atomic E-state index is -1.09. The summed E-state index contributed by atoms with van der Waals surface area (Å²) < 4.78 is 5.84. The van der Waals surface area contributed by atoms with E-state index in [2.05, 4.69) is 0 Å². The number of nitrogens with zero attached hydrogens (tertiary/aromatic N) is 1. The number of amides is 1. The summed E-state index contributed by atoms with van der Waals surface area (Å²) in [5.41, 5.74) is 0. The van der Waals surface area contributed by atoms with Crippen LogP contribution in [0.5, 0.6) is 11.5 Å². The maximum Gasteiger partial charge on any atom is 0.440 e. The number of benzene rings is 1. The molecule has 0 saturated heterocycles. The summed E-state index contributed by atoms with van der Waals surface area (Å²) in [6.45, 7) is 2.96. The van der Waals surface area contributed by atoms with Crippen LogP contribution in [0.3, 0.4) is 0 Å². The molecule has 1 aromatic rings. The number of hydrogen-bond donors (Lipinski definition) is 1. The fourth-order valence-corrected chi connectivity index (χ4v) is 2.70. The van der Waals surface area contributed by atoms with Crippen molar-refractivity contribution in [1.82, 2.24) is 5.06 Å². The highest BCUT2D eigenvalue weighted by Crippen LogP contribution is 2.26. The number of carbonyl (C=O) groups is 1. The minimum absolute atomic E-state index is 0.336. The second-order valence-corrected chi connectivity index (χ2v) is 5.77. The van der Waals surface area contributed by atoms with Gasteiger partial charge in [-0.1, -0.05) is 32.3 Å². The molecule has 0 bridgehead atoms. The SMILES string of the molecule is CCCN(Oc1cccc(OCC2CCCCC2)c1)C(=O)O. The fourth-order valence-electron chi connectivity index (χ4n) is 2.70. The Bertz CT molecular complexity index is 471. The Kier molecular flexibility index (Phi) is 6.37. The third kappa shape index (κ3) is 5.13. The Balaban J connectivity index is 1.89. The van der Waals surface area contributed by atoms with E-state index in [0.717, 1.165) is 17.4 Å². The molecule has 122 valence electrons. The summed E-state index contributed by atoms with van der Waals surface area (Å²) >= 11 is 0. The van der Waals surface area contributed by atoms with Crippen LogP contribution < -0.4 is 9.57 Å². The minimum Gasteiger partial charge on any atom is -0.493 e. The Morgan fingerprint density at radius 2 is 2.00 bits per heavy atom. The summed E-state index contributed by atoms with van der Waals surface area (Å²) in [6.07, 6.45) is 6.00. The lowest BCUT2D eigenvalue weighted by atomic mass is 9.90. The van der Waals surface area contributed by atoms with Gasteiger partial charge in [0, 0.05) is 6.07 Å². The molecular weight excluding hydrogens is 282 g/mol. The fraction of sp³-hybridized carbons (Fsp3) is 0.588. The highest BCUT2D eigenvalue weighted by Gasteiger charge is 2.15. The van der Waals surface area contributed by atoms with Gasteiger partial charge in [0.15, 0.2) is 5.75 Å². The quantitative estimate of drug-likeness (QED) is 0.762. The van der Waals surface area contributed by atoms with Gasteiger partial charge in [-0.25, -0.2) is 4.79 Å². The number of ether oxygens (including phenoxy) is 1. The van der Waals surface area contributed by atoms with E-state index in [9.17, 15) is 4.79 Å². The molecule has 1 aliphatic carbocycles. The van der Waals surface area contributed by atoms with Crippen LogP contribution in [-0.2, 0) is 0 Å². The van der Waals surface area contributed by atoms with Crippen molar-refractivity contribution < 1.29 is 19.5 Å². The maximum atomic E-state index is 11.1. The van der Waals surface area contributed by atoms with Crippen LogP contribution in [0.2, 0.25) is 0 Å². The van der Waals surface area contributed by atoms with Crippen LogP contribution in [0.25, 0.3) is 0 Å². The lowest BCUT2D eigenvalue weighted by Crippen LogP contribution is -2.33. The lowest BCUT2D eigenvalue weighted by Gasteiger charge is -2.22. The summed E-state index contributed by atoms with van der Waals surface area (Å²) in [4.78, 5) is 16.5. The van der Waals surface area contributed by atoms with Crippen LogP contribution >= 0.6 is 0 Å². The van der Waals surface area contributed by atoms with Crippen LogP contribution in [-0.4, -0.2) is 29.4 Å². The first-order valence-corrected chi connectivity index (χ1v) is 8.10. The maximum absolute atomic E-state index is 11.1. The lowest BCUT2D eigenvalue weighted by molar-refractivity contribution is -0.0357. The zero-order valence-corrected chi connectivity index (χ0v) is 13.2. The van der Waals surface area contributed by atoms with E-state index < -0.39 is 6.09 Å². The van der Waals surface area contributed by atoms with Crippen molar-refractivity contribution in [3.63, 3.8) is 0 Å². The first kappa shape index (κ1) is 16.5. The van der Waals surface area contributed by atoms with Crippen LogP contribution in [0.1, 0.15) is 45.4 Å². The van der Waals surface area contributed by atoms with E-state index in [-0.39, 0.29) is 0 Å². The molecule has 2 rings (SSSR count). The number of hydroxylamine groups is 2. The van der Waals surface area contributed by atoms with E-state index in [1.165, 1.54) is 32.1 Å². The summed E-state index contributed by atoms with van der Waals surface area (Å²) in [5, 5.41) is 10.0. The number of rotatable bonds is 7. The molecule has 1 aliphatic rings. The van der Waals surface area contributed by atoms with Crippen molar-refractivity contribution in [3.8, 4) is 11.5 Å². The molecule has 1 N–H and O–H groups in total. The normalized spacial score (nSPS) is 15.3. The standard InChI is InChI=1S/C17H25NO4/c1-2-11-18(17(19)20)22-16-10-6-9-15(12-16)21-13-14-7-4-3-5-8-14/h6,9-10,12,14H,2-5,7-8,11,13H2,1H3,(H,19,20). The predicted molar refractivity (Wildman–Crippen MR) is 84.2 cm³/mol. The Morgan fingerprint density at radius 3 is 2.68 bits per heavy atom. The van der Waals surface area contributed by atoms with Crippen molar-refractivity contribution in [2.45, 2.75) is 45.4 Å². The molecule has 0 aromatic heterocycles. The molecule has 1 aromatic carbocycles. The monoisotopic (exact) mass is 307 g/mol. The predicted octanol–water partition coefficient (Wildman–Crippen LogP) is 4.33. The molecule has 0 unspecified atom stereocenters. The van der Waals surface area contributed by atoms with Gasteiger partial charge in [0.05, 0.1) is 13.2 Å². The zero-order valence-electron chi connectivity index (χ0n) is 13.2. The molecule has 1 amide bonds. The second kappa shape index (κ2) is 8.51. The topological polar surface area (TPSA) is 59.0 Å². The van der Waals surface area contributed by atoms with Crippen molar-refractivity contribution in [2.24, 2.45) is 5.92 Å². The Morgan fingerprint density at radius 1 is 1.27 bits per heavy atom. The first-order valence-electron chi connectivity index (χ1n) is 8.10. The van der Waals surface area contributed by atoms with Gasteiger partial charge in [-0.3, -0.25) is 0 Å². The molecule has 5 heteroatoms. The van der Waals surface area contributed by atoms with Crippen molar-refractivity contribution in [1.29, 1.82) is 0 Å². The van der Waals surface area contributed by atoms with Gasteiger partial charge in [-0.05, 0) is 37.3 Å². The average molecular weight is 307 g/mol. The van der Waals surface area contributed by atoms with Gasteiger partial charge in [-0.2, -0.15) is 0 Å². The molecular formula is C17H25NO4. The molecule has 0 atom stereocenters. The van der Waals surface area contributed by atoms with Crippen molar-refractivity contribution in [2.75, 3.05) is 13.2 Å². The summed E-state index contributed by atoms with van der Waals surface area (Å²) in [6, 6.07) is 7.17. The van der Waals surface area contributed by atoms with Gasteiger partial charge < -0.3 is 14.7 Å². The largest absolute Gasteiger partial charge is 0.493 e. The molecule has 0 heterocycles. The molecule has 22 heavy (non-hydrogen) atoms. The second-order valence-electron chi connectivity index (χ2n) is 5.77. The van der Waals surface area contributed by atoms with Gasteiger partial charge in [-0.15, -0.1) is 5.06 Å². The van der Waals surface area contributed by atoms with Crippen LogP contribution in [0.4, 0.5) is 4.79 Å². The summed E-state index contributed by atoms with van der Waals surface area (Å²) in [7, 11) is 0. The van der Waals surface area contributed by atoms with Gasteiger partial charge in [0.25, 0.3) is 0 Å². The molecule has 1 fully saturated rings. The molecule has 1 saturated carbocycles. The highest BCUT2D eigenvalue weighted by atomic mass is 16.7. The molecule has 0 spiro atoms. The summed E-state index contributed by atoms with van der Waals surface area (Å²) in [5.74, 6) is 1.84. The van der Waals surface area contributed by atoms with E-state index in [1.54, 1.807) is 12.1 Å². The molecule has 0 radical (unpaired) electrons. The van der Waals surface area contributed by atoms with Gasteiger partial charge in [0.1, 0.15) is 5.75 Å². The Labute approximate surface area is 131 Å². The van der Waals surface area contributed by atoms with E-state index in [4.69, 9.17) is 14.7 Å². The Hall–Kier alpha value is -1.91. The number of hydrogen-bond acceptors (Lipinski definition) is 3. The number of carboxylic acid groups (broad SMARTS) is 1. The zero-order chi connectivity index (χ0) is 15.8. The first-order chi connectivity index (χ1) is 10.7. The third-order valence-electron chi connectivity index (χ3n) is 3.87. The highest BCUT2D eigenvalue weighted by molar-refractivity contribution is 5.63. The van der Waals surface area contributed by atoms with Crippen molar-refractivity contribution >= 4 is 6.09 Å². The average Bonchev–Trinajstić information content (AvgIpc) is 2.54.